The summed E-state index contributed by atoms with van der Waals surface area (Å²) in [5.41, 5.74) is 2.66. The zero-order valence-electron chi connectivity index (χ0n) is 17.7. The molecule has 4 heteroatoms. The smallest absolute Gasteiger partial charge is 0.310 e. The van der Waals surface area contributed by atoms with Crippen LogP contribution in [0, 0.1) is 0 Å². The summed E-state index contributed by atoms with van der Waals surface area (Å²) >= 11 is 0. The molecule has 2 aromatic carbocycles. The molecular formula is C26H31NO3. The number of rotatable bonds is 12. The van der Waals surface area contributed by atoms with Crippen LogP contribution in [0.2, 0.25) is 0 Å². The van der Waals surface area contributed by atoms with Crippen molar-refractivity contribution in [3.05, 3.63) is 71.9 Å². The minimum atomic E-state index is -0.752. The number of benzene rings is 2. The first-order valence-electron chi connectivity index (χ1n) is 11.0. The molecule has 4 nitrogen and oxygen atoms in total. The molecule has 0 aliphatic carbocycles. The van der Waals surface area contributed by atoms with Gasteiger partial charge in [-0.25, -0.2) is 4.98 Å². The number of carbonyl (C=O) groups is 1. The van der Waals surface area contributed by atoms with E-state index in [0.29, 0.717) is 13.0 Å². The molecule has 0 amide bonds. The minimum Gasteiger partial charge on any atom is -0.487 e. The monoisotopic (exact) mass is 405 g/mol. The predicted molar refractivity (Wildman–Crippen MR) is 121 cm³/mol. The number of para-hydroxylation sites is 1. The highest BCUT2D eigenvalue weighted by Gasteiger charge is 2.19. The first kappa shape index (κ1) is 21.8. The van der Waals surface area contributed by atoms with Crippen molar-refractivity contribution in [1.82, 2.24) is 4.98 Å². The van der Waals surface area contributed by atoms with Gasteiger partial charge in [-0.15, -0.1) is 0 Å². The van der Waals surface area contributed by atoms with Crippen LogP contribution in [-0.2, 0) is 11.4 Å². The van der Waals surface area contributed by atoms with E-state index in [4.69, 9.17) is 4.74 Å². The Balaban J connectivity index is 1.53. The molecule has 1 aromatic heterocycles. The van der Waals surface area contributed by atoms with E-state index in [9.17, 15) is 9.90 Å². The third kappa shape index (κ3) is 6.31. The zero-order valence-corrected chi connectivity index (χ0v) is 17.7. The van der Waals surface area contributed by atoms with Gasteiger partial charge in [-0.3, -0.25) is 4.79 Å². The summed E-state index contributed by atoms with van der Waals surface area (Å²) in [6, 6.07) is 19.5. The number of aromatic nitrogens is 1. The maximum Gasteiger partial charge on any atom is 0.310 e. The van der Waals surface area contributed by atoms with Gasteiger partial charge >= 0.3 is 5.97 Å². The largest absolute Gasteiger partial charge is 0.487 e. The van der Waals surface area contributed by atoms with Gasteiger partial charge in [-0.05, 0) is 36.2 Å². The first-order chi connectivity index (χ1) is 14.7. The van der Waals surface area contributed by atoms with Crippen LogP contribution in [0.4, 0.5) is 0 Å². The topological polar surface area (TPSA) is 59.4 Å². The Hall–Kier alpha value is -2.88. The van der Waals surface area contributed by atoms with E-state index in [-0.39, 0.29) is 0 Å². The van der Waals surface area contributed by atoms with E-state index < -0.39 is 11.9 Å². The van der Waals surface area contributed by atoms with Crippen LogP contribution in [0.15, 0.2) is 60.7 Å². The molecule has 0 bridgehead atoms. The summed E-state index contributed by atoms with van der Waals surface area (Å²) in [4.78, 5) is 16.3. The standard InChI is InChI=1S/C26H31NO3/c1-2-3-4-5-6-7-11-24(26(28)29)20-14-17-23(18-15-20)30-19-22-16-13-21-10-8-9-12-25(21)27-22/h8-10,12-18,24H,2-7,11,19H2,1H3,(H,28,29). The predicted octanol–water partition coefficient (Wildman–Crippen LogP) is 6.73. The normalized spacial score (nSPS) is 12.0. The molecule has 0 aliphatic rings. The molecule has 0 aliphatic heterocycles. The number of hydrogen-bond acceptors (Lipinski definition) is 3. The summed E-state index contributed by atoms with van der Waals surface area (Å²) in [5.74, 6) is -0.484. The van der Waals surface area contributed by atoms with Gasteiger partial charge in [0.25, 0.3) is 0 Å². The van der Waals surface area contributed by atoms with Crippen LogP contribution >= 0.6 is 0 Å². The fourth-order valence-electron chi connectivity index (χ4n) is 3.70. The van der Waals surface area contributed by atoms with Crippen molar-refractivity contribution in [3.63, 3.8) is 0 Å². The van der Waals surface area contributed by atoms with Crippen molar-refractivity contribution in [2.45, 2.75) is 64.4 Å². The van der Waals surface area contributed by atoms with E-state index in [1.165, 1.54) is 25.7 Å². The van der Waals surface area contributed by atoms with E-state index >= 15 is 0 Å². The van der Waals surface area contributed by atoms with Crippen LogP contribution in [-0.4, -0.2) is 16.1 Å². The highest BCUT2D eigenvalue weighted by Crippen LogP contribution is 2.26. The molecule has 0 saturated carbocycles. The van der Waals surface area contributed by atoms with Crippen LogP contribution < -0.4 is 4.74 Å². The van der Waals surface area contributed by atoms with Gasteiger partial charge in [-0.2, -0.15) is 0 Å². The zero-order chi connectivity index (χ0) is 21.2. The lowest BCUT2D eigenvalue weighted by Crippen LogP contribution is -2.11. The average molecular weight is 406 g/mol. The lowest BCUT2D eigenvalue weighted by atomic mass is 9.93. The molecular weight excluding hydrogens is 374 g/mol. The van der Waals surface area contributed by atoms with Crippen molar-refractivity contribution in [2.24, 2.45) is 0 Å². The van der Waals surface area contributed by atoms with Gasteiger partial charge in [-0.1, -0.05) is 81.8 Å². The van der Waals surface area contributed by atoms with Crippen LogP contribution in [0.3, 0.4) is 0 Å². The van der Waals surface area contributed by atoms with E-state index in [1.54, 1.807) is 0 Å². The minimum absolute atomic E-state index is 0.379. The second-order valence-corrected chi connectivity index (χ2v) is 7.80. The molecule has 3 aromatic rings. The summed E-state index contributed by atoms with van der Waals surface area (Å²) in [6.45, 7) is 2.58. The number of hydrogen-bond donors (Lipinski definition) is 1. The molecule has 0 radical (unpaired) electrons. The highest BCUT2D eigenvalue weighted by molar-refractivity contribution is 5.78. The van der Waals surface area contributed by atoms with Crippen molar-refractivity contribution in [1.29, 1.82) is 0 Å². The van der Waals surface area contributed by atoms with Gasteiger partial charge in [0, 0.05) is 5.39 Å². The van der Waals surface area contributed by atoms with E-state index in [2.05, 4.69) is 11.9 Å². The molecule has 3 rings (SSSR count). The van der Waals surface area contributed by atoms with Crippen LogP contribution in [0.1, 0.15) is 69.0 Å². The van der Waals surface area contributed by atoms with Crippen LogP contribution in [0.5, 0.6) is 5.75 Å². The maximum atomic E-state index is 11.7. The second-order valence-electron chi connectivity index (χ2n) is 7.80. The Morgan fingerprint density at radius 3 is 2.43 bits per heavy atom. The molecule has 158 valence electrons. The Morgan fingerprint density at radius 2 is 1.67 bits per heavy atom. The third-order valence-electron chi connectivity index (χ3n) is 5.47. The number of pyridine rings is 1. The van der Waals surface area contributed by atoms with Gasteiger partial charge < -0.3 is 9.84 Å². The molecule has 1 atom stereocenters. The molecule has 1 heterocycles. The van der Waals surface area contributed by atoms with Crippen molar-refractivity contribution in [2.75, 3.05) is 0 Å². The lowest BCUT2D eigenvalue weighted by Gasteiger charge is -2.14. The molecule has 30 heavy (non-hydrogen) atoms. The van der Waals surface area contributed by atoms with Gasteiger partial charge in [0.05, 0.1) is 17.1 Å². The fraction of sp³-hybridized carbons (Fsp3) is 0.385. The van der Waals surface area contributed by atoms with Gasteiger partial charge in [0.1, 0.15) is 12.4 Å². The Bertz CT molecular complexity index is 936. The quantitative estimate of drug-likeness (QED) is 0.339. The van der Waals surface area contributed by atoms with Crippen molar-refractivity contribution in [3.8, 4) is 5.75 Å². The van der Waals surface area contributed by atoms with Crippen molar-refractivity contribution < 1.29 is 14.6 Å². The summed E-state index contributed by atoms with van der Waals surface area (Å²) in [6.07, 6.45) is 7.66. The van der Waals surface area contributed by atoms with Gasteiger partial charge in [0.2, 0.25) is 0 Å². The number of carboxylic acids is 1. The Labute approximate surface area is 178 Å². The number of carboxylic acid groups (broad SMARTS) is 1. The number of ether oxygens (including phenoxy) is 1. The number of nitrogens with zero attached hydrogens (tertiary/aromatic N) is 1. The number of unbranched alkanes of at least 4 members (excludes halogenated alkanes) is 5. The average Bonchev–Trinajstić information content (AvgIpc) is 2.77. The number of aliphatic carboxylic acids is 1. The first-order valence-corrected chi connectivity index (χ1v) is 11.0. The molecule has 0 saturated heterocycles. The van der Waals surface area contributed by atoms with Crippen molar-refractivity contribution >= 4 is 16.9 Å². The Kier molecular flexibility index (Phi) is 8.25. The van der Waals surface area contributed by atoms with E-state index in [0.717, 1.165) is 40.8 Å². The molecule has 1 N–H and O–H groups in total. The molecule has 1 unspecified atom stereocenters. The number of fused-ring (bicyclic) bond motifs is 1. The van der Waals surface area contributed by atoms with Crippen LogP contribution in [0.25, 0.3) is 10.9 Å². The summed E-state index contributed by atoms with van der Waals surface area (Å²) < 4.78 is 5.86. The Morgan fingerprint density at radius 1 is 0.933 bits per heavy atom. The lowest BCUT2D eigenvalue weighted by molar-refractivity contribution is -0.139. The highest BCUT2D eigenvalue weighted by atomic mass is 16.5. The maximum absolute atomic E-state index is 11.7. The molecule has 0 fully saturated rings. The molecule has 0 spiro atoms. The second kappa shape index (κ2) is 11.3. The van der Waals surface area contributed by atoms with E-state index in [1.807, 2.05) is 60.7 Å². The third-order valence-corrected chi connectivity index (χ3v) is 5.47. The summed E-state index contributed by atoms with van der Waals surface area (Å²) in [7, 11) is 0. The fourth-order valence-corrected chi connectivity index (χ4v) is 3.70. The van der Waals surface area contributed by atoms with Gasteiger partial charge in [0.15, 0.2) is 0 Å². The SMILES string of the molecule is CCCCCCCCC(C(=O)O)c1ccc(OCc2ccc3ccccc3n2)cc1. The summed E-state index contributed by atoms with van der Waals surface area (Å²) in [5, 5.41) is 10.7.